The molecule has 172 valence electrons. The van der Waals surface area contributed by atoms with E-state index in [9.17, 15) is 4.79 Å². The van der Waals surface area contributed by atoms with E-state index in [1.165, 1.54) is 50.5 Å². The first kappa shape index (κ1) is 21.9. The Labute approximate surface area is 192 Å². The number of benzene rings is 1. The Bertz CT molecular complexity index is 940. The highest BCUT2D eigenvalue weighted by molar-refractivity contribution is 5.89. The molecule has 5 aliphatic carbocycles. The molecule has 0 radical (unpaired) electrons. The lowest BCUT2D eigenvalue weighted by molar-refractivity contribution is 0.00104. The molecule has 5 aliphatic rings. The average Bonchev–Trinajstić information content (AvgIpc) is 3.55. The summed E-state index contributed by atoms with van der Waals surface area (Å²) in [6.07, 6.45) is 16.8. The van der Waals surface area contributed by atoms with Crippen molar-refractivity contribution < 1.29 is 14.6 Å². The summed E-state index contributed by atoms with van der Waals surface area (Å²) < 4.78 is 6.01. The van der Waals surface area contributed by atoms with Crippen LogP contribution in [-0.4, -0.2) is 23.8 Å². The van der Waals surface area contributed by atoms with E-state index in [-0.39, 0.29) is 5.97 Å². The van der Waals surface area contributed by atoms with Crippen LogP contribution in [0.3, 0.4) is 0 Å². The molecule has 3 nitrogen and oxygen atoms in total. The summed E-state index contributed by atoms with van der Waals surface area (Å²) in [6, 6.07) is 9.38. The fraction of sp³-hybridized carbons (Fsp3) is 0.621. The summed E-state index contributed by atoms with van der Waals surface area (Å²) in [7, 11) is 1.00. The third kappa shape index (κ3) is 3.31. The summed E-state index contributed by atoms with van der Waals surface area (Å²) >= 11 is 0. The minimum Gasteiger partial charge on any atom is -0.451 e. The maximum absolute atomic E-state index is 12.7. The molecule has 1 N–H and O–H groups in total. The van der Waals surface area contributed by atoms with E-state index in [1.54, 1.807) is 5.57 Å². The van der Waals surface area contributed by atoms with Crippen molar-refractivity contribution in [3.05, 3.63) is 59.2 Å². The predicted molar refractivity (Wildman–Crippen MR) is 127 cm³/mol. The number of fused-ring (bicyclic) bond motifs is 6. The highest BCUT2D eigenvalue weighted by atomic mass is 16.6. The molecule has 0 heterocycles. The number of carbonyl (C=O) groups is 1. The van der Waals surface area contributed by atoms with Crippen LogP contribution in [0.2, 0.25) is 0 Å². The van der Waals surface area contributed by atoms with Gasteiger partial charge in [-0.15, -0.1) is 0 Å². The molecule has 1 aromatic carbocycles. The van der Waals surface area contributed by atoms with Crippen LogP contribution in [0.5, 0.6) is 0 Å². The largest absolute Gasteiger partial charge is 0.451 e. The Hall–Kier alpha value is -1.87. The van der Waals surface area contributed by atoms with Gasteiger partial charge in [-0.2, -0.15) is 0 Å². The van der Waals surface area contributed by atoms with Gasteiger partial charge in [0.25, 0.3) is 0 Å². The van der Waals surface area contributed by atoms with Crippen molar-refractivity contribution in [1.29, 1.82) is 0 Å². The number of carbonyl (C=O) groups excluding carboxylic acids is 1. The molecule has 3 heteroatoms. The summed E-state index contributed by atoms with van der Waals surface area (Å²) in [5, 5.41) is 7.00. The smallest absolute Gasteiger partial charge is 0.338 e. The molecule has 4 fully saturated rings. The lowest BCUT2D eigenvalue weighted by atomic mass is 9.52. The molecule has 0 aromatic heterocycles. The molecule has 4 saturated carbocycles. The Kier molecular flexibility index (Phi) is 5.40. The van der Waals surface area contributed by atoms with E-state index < -0.39 is 5.60 Å². The van der Waals surface area contributed by atoms with Gasteiger partial charge in [0.15, 0.2) is 0 Å². The van der Waals surface area contributed by atoms with Gasteiger partial charge in [-0.3, -0.25) is 0 Å². The molecule has 1 aromatic rings. The molecule has 32 heavy (non-hydrogen) atoms. The monoisotopic (exact) mass is 434 g/mol. The van der Waals surface area contributed by atoms with Gasteiger partial charge in [0, 0.05) is 13.5 Å². The van der Waals surface area contributed by atoms with E-state index in [0.29, 0.717) is 11.0 Å². The van der Waals surface area contributed by atoms with Crippen LogP contribution in [0.1, 0.15) is 82.0 Å². The van der Waals surface area contributed by atoms with Gasteiger partial charge < -0.3 is 9.84 Å². The molecule has 0 bridgehead atoms. The second-order valence-electron chi connectivity index (χ2n) is 11.3. The molecule has 1 spiro atoms. The fourth-order valence-electron chi connectivity index (χ4n) is 8.08. The van der Waals surface area contributed by atoms with Crippen LogP contribution in [0, 0.1) is 28.6 Å². The second-order valence-corrected chi connectivity index (χ2v) is 11.3. The van der Waals surface area contributed by atoms with Crippen molar-refractivity contribution >= 4 is 5.97 Å². The van der Waals surface area contributed by atoms with Crippen LogP contribution in [0.15, 0.2) is 53.6 Å². The van der Waals surface area contributed by atoms with Crippen LogP contribution >= 0.6 is 0 Å². The number of esters is 1. The zero-order valence-electron chi connectivity index (χ0n) is 19.9. The summed E-state index contributed by atoms with van der Waals surface area (Å²) in [5.74, 6) is 2.34. The van der Waals surface area contributed by atoms with Crippen molar-refractivity contribution in [2.24, 2.45) is 28.6 Å². The van der Waals surface area contributed by atoms with Gasteiger partial charge in [0.1, 0.15) is 5.60 Å². The van der Waals surface area contributed by atoms with Crippen molar-refractivity contribution in [3.63, 3.8) is 0 Å². The Morgan fingerprint density at radius 2 is 1.75 bits per heavy atom. The van der Waals surface area contributed by atoms with Crippen LogP contribution in [0.25, 0.3) is 0 Å². The van der Waals surface area contributed by atoms with Crippen LogP contribution in [0.4, 0.5) is 0 Å². The fourth-order valence-corrected chi connectivity index (χ4v) is 8.08. The molecule has 6 rings (SSSR count). The zero-order chi connectivity index (χ0) is 22.6. The predicted octanol–water partition coefficient (Wildman–Crippen LogP) is 6.48. The van der Waals surface area contributed by atoms with E-state index >= 15 is 0 Å². The normalized spacial score (nSPS) is 38.2. The first-order chi connectivity index (χ1) is 15.4. The second kappa shape index (κ2) is 7.87. The Morgan fingerprint density at radius 1 is 1.00 bits per heavy atom. The van der Waals surface area contributed by atoms with E-state index in [2.05, 4.69) is 26.0 Å². The number of hydrogen-bond acceptors (Lipinski definition) is 3. The summed E-state index contributed by atoms with van der Waals surface area (Å²) in [5.41, 5.74) is 4.53. The van der Waals surface area contributed by atoms with E-state index in [4.69, 9.17) is 9.84 Å². The van der Waals surface area contributed by atoms with E-state index in [1.807, 2.05) is 30.3 Å². The first-order valence-electron chi connectivity index (χ1n) is 12.6. The first-order valence-corrected chi connectivity index (χ1v) is 12.6. The third-order valence-corrected chi connectivity index (χ3v) is 9.89. The highest BCUT2D eigenvalue weighted by Gasteiger charge is 2.66. The van der Waals surface area contributed by atoms with Gasteiger partial charge in [-0.1, -0.05) is 31.2 Å². The van der Waals surface area contributed by atoms with Gasteiger partial charge in [-0.05, 0) is 116 Å². The van der Waals surface area contributed by atoms with Crippen LogP contribution < -0.4 is 0 Å². The maximum Gasteiger partial charge on any atom is 0.338 e. The number of allylic oxidation sites excluding steroid dienone is 2. The standard InChI is InChI=1S/C28H34O2.CH4O/c1-26(30-25(29)19-6-4-3-5-7-19)13-10-21-20(18-26)8-9-23-22(21)11-14-27(2)24(23)12-15-28(27)16-17-28;1-2/h3-7,10,18,22-24H,8-9,11-17H2,1-2H3;2H,1H3. The minimum absolute atomic E-state index is 0.213. The SMILES string of the molecule is CC1(OC(=O)c2ccccc2)C=C2CCC3C(CCC4(C)C3CCC43CC3)C2=CC1.CO. The number of rotatable bonds is 2. The topological polar surface area (TPSA) is 46.5 Å². The number of aliphatic hydroxyl groups excluding tert-OH is 1. The maximum atomic E-state index is 12.7. The lowest BCUT2D eigenvalue weighted by Crippen LogP contribution is -2.45. The average molecular weight is 435 g/mol. The third-order valence-electron chi connectivity index (χ3n) is 9.89. The number of ether oxygens (including phenoxy) is 1. The lowest BCUT2D eigenvalue weighted by Gasteiger charge is -2.53. The zero-order valence-corrected chi connectivity index (χ0v) is 19.9. The van der Waals surface area contributed by atoms with Gasteiger partial charge in [0.05, 0.1) is 5.56 Å². The number of hydrogen-bond donors (Lipinski definition) is 1. The molecule has 5 atom stereocenters. The van der Waals surface area contributed by atoms with Gasteiger partial charge in [0.2, 0.25) is 0 Å². The quantitative estimate of drug-likeness (QED) is 0.542. The molecule has 5 unspecified atom stereocenters. The van der Waals surface area contributed by atoms with Crippen molar-refractivity contribution in [2.75, 3.05) is 7.11 Å². The molecular weight excluding hydrogens is 396 g/mol. The highest BCUT2D eigenvalue weighted by Crippen LogP contribution is 2.75. The molecule has 0 aliphatic heterocycles. The molecule has 0 saturated heterocycles. The molecule has 0 amide bonds. The Morgan fingerprint density at radius 3 is 2.47 bits per heavy atom. The van der Waals surface area contributed by atoms with Crippen molar-refractivity contribution in [3.8, 4) is 0 Å². The van der Waals surface area contributed by atoms with Crippen molar-refractivity contribution in [2.45, 2.75) is 77.2 Å². The minimum atomic E-state index is -0.521. The van der Waals surface area contributed by atoms with Gasteiger partial charge >= 0.3 is 5.97 Å². The van der Waals surface area contributed by atoms with Crippen LogP contribution in [-0.2, 0) is 4.74 Å². The molecular formula is C29H38O3. The summed E-state index contributed by atoms with van der Waals surface area (Å²) in [6.45, 7) is 4.72. The summed E-state index contributed by atoms with van der Waals surface area (Å²) in [4.78, 5) is 12.7. The van der Waals surface area contributed by atoms with Gasteiger partial charge in [-0.25, -0.2) is 4.79 Å². The van der Waals surface area contributed by atoms with Crippen molar-refractivity contribution in [1.82, 2.24) is 0 Å². The number of aliphatic hydroxyl groups is 1. The Balaban J connectivity index is 0.00000105. The van der Waals surface area contributed by atoms with E-state index in [0.717, 1.165) is 43.1 Å².